The molecular weight excluding hydrogens is 476 g/mol. The van der Waals surface area contributed by atoms with E-state index < -0.39 is 5.54 Å². The highest BCUT2D eigenvalue weighted by molar-refractivity contribution is 5.85. The number of anilines is 1. The maximum atomic E-state index is 13.3. The number of aromatic nitrogens is 2. The second-order valence-electron chi connectivity index (χ2n) is 10.9. The van der Waals surface area contributed by atoms with E-state index in [2.05, 4.69) is 39.5 Å². The summed E-state index contributed by atoms with van der Waals surface area (Å²) in [5.41, 5.74) is 3.66. The van der Waals surface area contributed by atoms with Crippen LogP contribution in [0.4, 0.5) is 10.6 Å². The molecule has 1 saturated heterocycles. The largest absolute Gasteiger partial charge is 0.352 e. The van der Waals surface area contributed by atoms with Crippen LogP contribution in [-0.4, -0.2) is 70.2 Å². The van der Waals surface area contributed by atoms with E-state index in [9.17, 15) is 9.59 Å². The van der Waals surface area contributed by atoms with E-state index in [0.717, 1.165) is 22.6 Å². The topological polar surface area (TPSA) is 81.7 Å². The van der Waals surface area contributed by atoms with Gasteiger partial charge >= 0.3 is 6.03 Å². The normalized spacial score (nSPS) is 14.7. The Labute approximate surface area is 225 Å². The fraction of sp³-hybridized carbons (Fsp3) is 0.400. The molecule has 0 bridgehead atoms. The molecule has 1 fully saturated rings. The highest BCUT2D eigenvalue weighted by atomic mass is 16.2. The molecule has 0 saturated carbocycles. The van der Waals surface area contributed by atoms with E-state index in [0.29, 0.717) is 26.2 Å². The average molecular weight is 515 g/mol. The van der Waals surface area contributed by atoms with E-state index in [4.69, 9.17) is 0 Å². The number of piperazine rings is 1. The molecule has 8 heteroatoms. The van der Waals surface area contributed by atoms with E-state index in [-0.39, 0.29) is 24.5 Å². The molecule has 1 atom stereocenters. The monoisotopic (exact) mass is 514 g/mol. The van der Waals surface area contributed by atoms with E-state index in [1.54, 1.807) is 4.90 Å². The van der Waals surface area contributed by atoms with Crippen molar-refractivity contribution in [3.8, 4) is 11.3 Å². The zero-order chi connectivity index (χ0) is 27.3. The highest BCUT2D eigenvalue weighted by Gasteiger charge is 2.30. The Hall–Kier alpha value is -3.94. The van der Waals surface area contributed by atoms with Gasteiger partial charge in [-0.1, -0.05) is 60.2 Å². The van der Waals surface area contributed by atoms with Gasteiger partial charge in [-0.25, -0.2) is 4.79 Å². The van der Waals surface area contributed by atoms with Crippen LogP contribution in [0.1, 0.15) is 44.9 Å². The first-order valence-electron chi connectivity index (χ1n) is 13.2. The van der Waals surface area contributed by atoms with Gasteiger partial charge in [0, 0.05) is 37.3 Å². The maximum absolute atomic E-state index is 13.3. The first-order valence-corrected chi connectivity index (χ1v) is 13.2. The number of urea groups is 1. The molecule has 2 aromatic carbocycles. The fourth-order valence-corrected chi connectivity index (χ4v) is 4.49. The van der Waals surface area contributed by atoms with Crippen molar-refractivity contribution in [3.05, 3.63) is 77.9 Å². The molecule has 0 spiro atoms. The Kier molecular flexibility index (Phi) is 8.29. The van der Waals surface area contributed by atoms with Crippen molar-refractivity contribution in [2.24, 2.45) is 0 Å². The van der Waals surface area contributed by atoms with Crippen LogP contribution in [0.25, 0.3) is 11.3 Å². The van der Waals surface area contributed by atoms with Gasteiger partial charge in [-0.3, -0.25) is 4.79 Å². The summed E-state index contributed by atoms with van der Waals surface area (Å²) in [5, 5.41) is 11.9. The molecule has 200 valence electrons. The van der Waals surface area contributed by atoms with Gasteiger partial charge in [0.15, 0.2) is 5.82 Å². The molecule has 8 nitrogen and oxygen atoms in total. The van der Waals surface area contributed by atoms with Crippen LogP contribution in [0.2, 0.25) is 0 Å². The van der Waals surface area contributed by atoms with Crippen LogP contribution in [0.15, 0.2) is 66.7 Å². The molecule has 1 aliphatic heterocycles. The average Bonchev–Trinajstić information content (AvgIpc) is 2.91. The van der Waals surface area contributed by atoms with Crippen molar-refractivity contribution in [1.82, 2.24) is 25.3 Å². The first-order chi connectivity index (χ1) is 18.1. The van der Waals surface area contributed by atoms with Crippen molar-refractivity contribution in [3.63, 3.8) is 0 Å². The summed E-state index contributed by atoms with van der Waals surface area (Å²) in [6.45, 7) is 12.3. The predicted octanol–water partition coefficient (Wildman–Crippen LogP) is 4.67. The molecule has 4 rings (SSSR count). The lowest BCUT2D eigenvalue weighted by Crippen LogP contribution is -2.55. The van der Waals surface area contributed by atoms with E-state index in [1.165, 1.54) is 5.56 Å². The number of nitrogens with one attached hydrogen (secondary N) is 1. The highest BCUT2D eigenvalue weighted by Crippen LogP contribution is 2.22. The standard InChI is InChI=1S/C30H38N6O2/c1-22-11-13-25(14-12-22)26-15-16-27(33-32-26)34-17-19-35(20-18-34)28(37)21-36(29(38)31-30(3,4)5)23(2)24-9-7-6-8-10-24/h6-16,23H,17-21H2,1-5H3,(H,31,38)/t23-/m1/s1. The number of amides is 3. The van der Waals surface area contributed by atoms with Crippen molar-refractivity contribution < 1.29 is 9.59 Å². The summed E-state index contributed by atoms with van der Waals surface area (Å²) in [6, 6.07) is 21.5. The molecule has 38 heavy (non-hydrogen) atoms. The molecule has 3 aromatic rings. The minimum Gasteiger partial charge on any atom is -0.352 e. The Morgan fingerprint density at radius 2 is 1.58 bits per heavy atom. The lowest BCUT2D eigenvalue weighted by molar-refractivity contribution is -0.132. The van der Waals surface area contributed by atoms with Crippen LogP contribution in [0, 0.1) is 6.92 Å². The van der Waals surface area contributed by atoms with Crippen molar-refractivity contribution in [2.45, 2.75) is 46.2 Å². The predicted molar refractivity (Wildman–Crippen MR) is 151 cm³/mol. The number of hydrogen-bond acceptors (Lipinski definition) is 5. The molecular formula is C30H38N6O2. The number of aryl methyl sites for hydroxylation is 1. The lowest BCUT2D eigenvalue weighted by atomic mass is 10.1. The van der Waals surface area contributed by atoms with Gasteiger partial charge in [0.2, 0.25) is 5.91 Å². The first kappa shape index (κ1) is 27.1. The molecule has 0 aliphatic carbocycles. The van der Waals surface area contributed by atoms with Gasteiger partial charge < -0.3 is 20.0 Å². The number of rotatable bonds is 6. The third-order valence-corrected chi connectivity index (χ3v) is 6.75. The Balaban J connectivity index is 1.38. The summed E-state index contributed by atoms with van der Waals surface area (Å²) in [5.74, 6) is 0.745. The minimum atomic E-state index is -0.406. The Bertz CT molecular complexity index is 1210. The van der Waals surface area contributed by atoms with Gasteiger partial charge in [0.25, 0.3) is 0 Å². The number of benzene rings is 2. The second kappa shape index (κ2) is 11.6. The number of carbonyl (C=O) groups is 2. The number of hydrogen-bond donors (Lipinski definition) is 1. The van der Waals surface area contributed by atoms with E-state index >= 15 is 0 Å². The molecule has 1 aromatic heterocycles. The fourth-order valence-electron chi connectivity index (χ4n) is 4.49. The lowest BCUT2D eigenvalue weighted by Gasteiger charge is -2.38. The summed E-state index contributed by atoms with van der Waals surface area (Å²) in [7, 11) is 0. The van der Waals surface area contributed by atoms with Gasteiger partial charge in [0.05, 0.1) is 11.7 Å². The minimum absolute atomic E-state index is 0.0169. The molecule has 2 heterocycles. The SMILES string of the molecule is Cc1ccc(-c2ccc(N3CCN(C(=O)CN(C(=O)NC(C)(C)C)[C@H](C)c4ccccc4)CC3)nn2)cc1. The van der Waals surface area contributed by atoms with Crippen LogP contribution in [-0.2, 0) is 4.79 Å². The maximum Gasteiger partial charge on any atom is 0.318 e. The summed E-state index contributed by atoms with van der Waals surface area (Å²) < 4.78 is 0. The van der Waals surface area contributed by atoms with Crippen LogP contribution in [0.5, 0.6) is 0 Å². The Morgan fingerprint density at radius 1 is 0.921 bits per heavy atom. The van der Waals surface area contributed by atoms with Crippen molar-refractivity contribution in [2.75, 3.05) is 37.6 Å². The van der Waals surface area contributed by atoms with Gasteiger partial charge in [-0.05, 0) is 52.3 Å². The van der Waals surface area contributed by atoms with Crippen molar-refractivity contribution >= 4 is 17.8 Å². The second-order valence-corrected chi connectivity index (χ2v) is 10.9. The quantitative estimate of drug-likeness (QED) is 0.517. The molecule has 1 N–H and O–H groups in total. The third kappa shape index (κ3) is 6.88. The Morgan fingerprint density at radius 3 is 2.16 bits per heavy atom. The van der Waals surface area contributed by atoms with Gasteiger partial charge in [-0.2, -0.15) is 0 Å². The van der Waals surface area contributed by atoms with Gasteiger partial charge in [0.1, 0.15) is 6.54 Å². The van der Waals surface area contributed by atoms with Crippen LogP contribution < -0.4 is 10.2 Å². The zero-order valence-corrected chi connectivity index (χ0v) is 23.0. The van der Waals surface area contributed by atoms with Crippen LogP contribution in [0.3, 0.4) is 0 Å². The summed E-state index contributed by atoms with van der Waals surface area (Å²) in [4.78, 5) is 32.1. The van der Waals surface area contributed by atoms with Crippen molar-refractivity contribution in [1.29, 1.82) is 0 Å². The molecule has 1 aliphatic rings. The van der Waals surface area contributed by atoms with E-state index in [1.807, 2.05) is 87.2 Å². The zero-order valence-electron chi connectivity index (χ0n) is 23.0. The van der Waals surface area contributed by atoms with Crippen LogP contribution >= 0.6 is 0 Å². The summed E-state index contributed by atoms with van der Waals surface area (Å²) in [6.07, 6.45) is 0. The summed E-state index contributed by atoms with van der Waals surface area (Å²) >= 11 is 0. The molecule has 0 radical (unpaired) electrons. The van der Waals surface area contributed by atoms with Gasteiger partial charge in [-0.15, -0.1) is 10.2 Å². The third-order valence-electron chi connectivity index (χ3n) is 6.75. The number of nitrogens with zero attached hydrogens (tertiary/aromatic N) is 5. The smallest absolute Gasteiger partial charge is 0.318 e. The molecule has 3 amide bonds. The molecule has 0 unspecified atom stereocenters. The number of carbonyl (C=O) groups excluding carboxylic acids is 2.